The maximum atomic E-state index is 2.60. The summed E-state index contributed by atoms with van der Waals surface area (Å²) < 4.78 is 0. The molecule has 2 rings (SSSR count). The van der Waals surface area contributed by atoms with Crippen molar-refractivity contribution in [3.63, 3.8) is 0 Å². The van der Waals surface area contributed by atoms with Gasteiger partial charge in [-0.2, -0.15) is 0 Å². The van der Waals surface area contributed by atoms with Crippen LogP contribution in [0.1, 0.15) is 32.4 Å². The molecule has 18 heavy (non-hydrogen) atoms. The Morgan fingerprint density at radius 3 is 2.11 bits per heavy atom. The molecule has 1 aromatic rings. The molecule has 1 saturated heterocycles. The van der Waals surface area contributed by atoms with E-state index in [1.54, 1.807) is 0 Å². The predicted molar refractivity (Wildman–Crippen MR) is 77.7 cm³/mol. The third-order valence-corrected chi connectivity index (χ3v) is 3.86. The van der Waals surface area contributed by atoms with E-state index in [9.17, 15) is 0 Å². The highest BCUT2D eigenvalue weighted by Gasteiger charge is 2.21. The van der Waals surface area contributed by atoms with Crippen molar-refractivity contribution in [2.45, 2.75) is 26.8 Å². The number of benzene rings is 1. The first-order valence-electron chi connectivity index (χ1n) is 7.18. The summed E-state index contributed by atoms with van der Waals surface area (Å²) in [6.07, 6.45) is 0. The lowest BCUT2D eigenvalue weighted by Gasteiger charge is -2.38. The first-order chi connectivity index (χ1) is 8.66. The van der Waals surface area contributed by atoms with E-state index in [-0.39, 0.29) is 0 Å². The maximum Gasteiger partial charge on any atom is 0.0320 e. The lowest BCUT2D eigenvalue weighted by atomic mass is 10.1. The van der Waals surface area contributed by atoms with Crippen molar-refractivity contribution >= 4 is 0 Å². The van der Waals surface area contributed by atoms with E-state index in [1.807, 2.05) is 0 Å². The van der Waals surface area contributed by atoms with Crippen LogP contribution in [0.4, 0.5) is 0 Å². The van der Waals surface area contributed by atoms with Crippen molar-refractivity contribution < 1.29 is 0 Å². The Hall–Kier alpha value is -0.860. The zero-order valence-corrected chi connectivity index (χ0v) is 12.0. The standard InChI is InChI=1S/C16H26N2/c1-14(2)13-17-9-11-18(12-10-17)15(3)16-7-5-4-6-8-16/h4-8,14-15H,9-13H2,1-3H3. The van der Waals surface area contributed by atoms with Gasteiger partial charge in [0.2, 0.25) is 0 Å². The van der Waals surface area contributed by atoms with Crippen LogP contribution in [0.15, 0.2) is 30.3 Å². The molecule has 1 aliphatic heterocycles. The largest absolute Gasteiger partial charge is 0.301 e. The Morgan fingerprint density at radius 2 is 1.56 bits per heavy atom. The number of nitrogens with zero attached hydrogens (tertiary/aromatic N) is 2. The monoisotopic (exact) mass is 246 g/mol. The van der Waals surface area contributed by atoms with Crippen LogP contribution in [-0.4, -0.2) is 42.5 Å². The number of piperazine rings is 1. The highest BCUT2D eigenvalue weighted by Crippen LogP contribution is 2.21. The highest BCUT2D eigenvalue weighted by molar-refractivity contribution is 5.18. The molecule has 0 radical (unpaired) electrons. The summed E-state index contributed by atoms with van der Waals surface area (Å²) in [6.45, 7) is 13.0. The van der Waals surface area contributed by atoms with Gasteiger partial charge in [0.05, 0.1) is 0 Å². The molecule has 0 saturated carbocycles. The summed E-state index contributed by atoms with van der Waals surface area (Å²) in [7, 11) is 0. The molecule has 0 N–H and O–H groups in total. The van der Waals surface area contributed by atoms with Gasteiger partial charge in [-0.3, -0.25) is 4.90 Å². The fourth-order valence-electron chi connectivity index (χ4n) is 2.79. The molecule has 1 heterocycles. The van der Waals surface area contributed by atoms with Crippen LogP contribution in [0.25, 0.3) is 0 Å². The maximum absolute atomic E-state index is 2.60. The molecular weight excluding hydrogens is 220 g/mol. The lowest BCUT2D eigenvalue weighted by molar-refractivity contribution is 0.0947. The van der Waals surface area contributed by atoms with E-state index >= 15 is 0 Å². The summed E-state index contributed by atoms with van der Waals surface area (Å²) in [4.78, 5) is 5.20. The molecular formula is C16H26N2. The molecule has 0 aromatic heterocycles. The molecule has 1 aromatic carbocycles. The Balaban J connectivity index is 1.86. The summed E-state index contributed by atoms with van der Waals surface area (Å²) in [5.41, 5.74) is 1.44. The first-order valence-corrected chi connectivity index (χ1v) is 7.18. The van der Waals surface area contributed by atoms with Gasteiger partial charge in [-0.15, -0.1) is 0 Å². The van der Waals surface area contributed by atoms with Crippen molar-refractivity contribution in [3.05, 3.63) is 35.9 Å². The molecule has 0 spiro atoms. The predicted octanol–water partition coefficient (Wildman–Crippen LogP) is 3.02. The summed E-state index contributed by atoms with van der Waals surface area (Å²) in [5, 5.41) is 0. The van der Waals surface area contributed by atoms with Crippen molar-refractivity contribution in [2.75, 3.05) is 32.7 Å². The minimum Gasteiger partial charge on any atom is -0.301 e. The first kappa shape index (κ1) is 13.6. The van der Waals surface area contributed by atoms with Gasteiger partial charge in [0.25, 0.3) is 0 Å². The Morgan fingerprint density at radius 1 is 0.944 bits per heavy atom. The lowest BCUT2D eigenvalue weighted by Crippen LogP contribution is -2.47. The van der Waals surface area contributed by atoms with Gasteiger partial charge in [-0.1, -0.05) is 44.2 Å². The molecule has 0 bridgehead atoms. The molecule has 1 atom stereocenters. The van der Waals surface area contributed by atoms with Crippen molar-refractivity contribution in [3.8, 4) is 0 Å². The van der Waals surface area contributed by atoms with Crippen LogP contribution in [0.2, 0.25) is 0 Å². The van der Waals surface area contributed by atoms with E-state index in [0.29, 0.717) is 6.04 Å². The SMILES string of the molecule is CC(C)CN1CCN(C(C)c2ccccc2)CC1. The molecule has 0 aliphatic carbocycles. The number of rotatable bonds is 4. The van der Waals surface area contributed by atoms with E-state index in [2.05, 4.69) is 60.9 Å². The molecule has 1 aliphatic rings. The molecule has 100 valence electrons. The Kier molecular flexibility index (Phi) is 4.79. The van der Waals surface area contributed by atoms with Crippen molar-refractivity contribution in [1.82, 2.24) is 9.80 Å². The minimum atomic E-state index is 0.549. The average molecular weight is 246 g/mol. The second-order valence-corrected chi connectivity index (χ2v) is 5.82. The van der Waals surface area contributed by atoms with Crippen LogP contribution in [0, 0.1) is 5.92 Å². The third kappa shape index (κ3) is 3.56. The van der Waals surface area contributed by atoms with Gasteiger partial charge in [0.1, 0.15) is 0 Å². The van der Waals surface area contributed by atoms with Crippen LogP contribution in [0.5, 0.6) is 0 Å². The molecule has 2 heteroatoms. The Bertz CT molecular complexity index is 339. The van der Waals surface area contributed by atoms with Crippen LogP contribution >= 0.6 is 0 Å². The third-order valence-electron chi connectivity index (χ3n) is 3.86. The quantitative estimate of drug-likeness (QED) is 0.806. The zero-order chi connectivity index (χ0) is 13.0. The van der Waals surface area contributed by atoms with Crippen LogP contribution < -0.4 is 0 Å². The molecule has 2 nitrogen and oxygen atoms in total. The average Bonchev–Trinajstić information content (AvgIpc) is 2.39. The normalized spacial score (nSPS) is 20.2. The second-order valence-electron chi connectivity index (χ2n) is 5.82. The van der Waals surface area contributed by atoms with Crippen LogP contribution in [-0.2, 0) is 0 Å². The minimum absolute atomic E-state index is 0.549. The fraction of sp³-hybridized carbons (Fsp3) is 0.625. The molecule has 1 fully saturated rings. The van der Waals surface area contributed by atoms with Crippen molar-refractivity contribution in [2.24, 2.45) is 5.92 Å². The number of hydrogen-bond acceptors (Lipinski definition) is 2. The van der Waals surface area contributed by atoms with Gasteiger partial charge >= 0.3 is 0 Å². The topological polar surface area (TPSA) is 6.48 Å². The Labute approximate surface area is 112 Å². The van der Waals surface area contributed by atoms with Gasteiger partial charge in [-0.05, 0) is 18.4 Å². The molecule has 1 unspecified atom stereocenters. The van der Waals surface area contributed by atoms with Gasteiger partial charge < -0.3 is 4.90 Å². The van der Waals surface area contributed by atoms with Gasteiger partial charge in [0.15, 0.2) is 0 Å². The van der Waals surface area contributed by atoms with E-state index in [1.165, 1.54) is 38.3 Å². The van der Waals surface area contributed by atoms with Gasteiger partial charge in [-0.25, -0.2) is 0 Å². The van der Waals surface area contributed by atoms with E-state index < -0.39 is 0 Å². The zero-order valence-electron chi connectivity index (χ0n) is 12.0. The van der Waals surface area contributed by atoms with Crippen molar-refractivity contribution in [1.29, 1.82) is 0 Å². The second kappa shape index (κ2) is 6.35. The van der Waals surface area contributed by atoms with E-state index in [0.717, 1.165) is 5.92 Å². The fourth-order valence-corrected chi connectivity index (χ4v) is 2.79. The van der Waals surface area contributed by atoms with E-state index in [4.69, 9.17) is 0 Å². The molecule has 0 amide bonds. The summed E-state index contributed by atoms with van der Waals surface area (Å²) in [6, 6.07) is 11.4. The highest BCUT2D eigenvalue weighted by atomic mass is 15.3. The number of hydrogen-bond donors (Lipinski definition) is 0. The summed E-state index contributed by atoms with van der Waals surface area (Å²) >= 11 is 0. The smallest absolute Gasteiger partial charge is 0.0320 e. The van der Waals surface area contributed by atoms with Crippen LogP contribution in [0.3, 0.4) is 0 Å². The van der Waals surface area contributed by atoms with Gasteiger partial charge in [0, 0.05) is 38.8 Å². The summed E-state index contributed by atoms with van der Waals surface area (Å²) in [5.74, 6) is 0.781.